The zero-order valence-corrected chi connectivity index (χ0v) is 12.1. The number of carbonyl (C=O) groups is 2. The van der Waals surface area contributed by atoms with E-state index in [0.29, 0.717) is 16.9 Å². The van der Waals surface area contributed by atoms with Crippen LogP contribution in [0.3, 0.4) is 0 Å². The standard InChI is InChI=1S/C16H16N4O2/c1-11(13-5-3-7-15(9-13)18-12(2)21)19-20-16(22)14-6-4-8-17-10-14/h3-10,19H,1H2,2H3,(H,18,21)(H,20,22). The van der Waals surface area contributed by atoms with Gasteiger partial charge in [0.1, 0.15) is 0 Å². The Morgan fingerprint density at radius 3 is 2.55 bits per heavy atom. The molecule has 112 valence electrons. The van der Waals surface area contributed by atoms with Crippen LogP contribution in [0.1, 0.15) is 22.8 Å². The van der Waals surface area contributed by atoms with E-state index in [2.05, 4.69) is 27.7 Å². The van der Waals surface area contributed by atoms with Crippen molar-refractivity contribution in [3.8, 4) is 0 Å². The lowest BCUT2D eigenvalue weighted by Crippen LogP contribution is -2.35. The molecule has 2 amide bonds. The van der Waals surface area contributed by atoms with Gasteiger partial charge in [-0.3, -0.25) is 25.4 Å². The second-order valence-electron chi connectivity index (χ2n) is 4.56. The Morgan fingerprint density at radius 1 is 1.09 bits per heavy atom. The number of nitrogens with zero attached hydrogens (tertiary/aromatic N) is 1. The number of rotatable bonds is 5. The van der Waals surface area contributed by atoms with E-state index in [-0.39, 0.29) is 11.8 Å². The summed E-state index contributed by atoms with van der Waals surface area (Å²) < 4.78 is 0. The summed E-state index contributed by atoms with van der Waals surface area (Å²) in [7, 11) is 0. The molecule has 1 aromatic carbocycles. The van der Waals surface area contributed by atoms with Gasteiger partial charge in [0.15, 0.2) is 0 Å². The smallest absolute Gasteiger partial charge is 0.271 e. The summed E-state index contributed by atoms with van der Waals surface area (Å²) in [5.74, 6) is -0.465. The summed E-state index contributed by atoms with van der Waals surface area (Å²) in [6.07, 6.45) is 3.06. The molecule has 0 aliphatic heterocycles. The van der Waals surface area contributed by atoms with E-state index in [1.54, 1.807) is 36.5 Å². The van der Waals surface area contributed by atoms with Crippen molar-refractivity contribution in [3.05, 3.63) is 66.5 Å². The van der Waals surface area contributed by atoms with E-state index in [9.17, 15) is 9.59 Å². The zero-order chi connectivity index (χ0) is 15.9. The fourth-order valence-corrected chi connectivity index (χ4v) is 1.76. The van der Waals surface area contributed by atoms with Gasteiger partial charge in [-0.05, 0) is 24.3 Å². The summed E-state index contributed by atoms with van der Waals surface area (Å²) in [6, 6.07) is 10.5. The molecule has 6 heteroatoms. The van der Waals surface area contributed by atoms with E-state index in [4.69, 9.17) is 0 Å². The second-order valence-corrected chi connectivity index (χ2v) is 4.56. The fraction of sp³-hybridized carbons (Fsp3) is 0.0625. The molecule has 0 aliphatic rings. The maximum Gasteiger partial charge on any atom is 0.271 e. The molecule has 22 heavy (non-hydrogen) atoms. The average Bonchev–Trinajstić information content (AvgIpc) is 2.52. The van der Waals surface area contributed by atoms with Gasteiger partial charge in [-0.25, -0.2) is 0 Å². The van der Waals surface area contributed by atoms with Crippen molar-refractivity contribution in [3.63, 3.8) is 0 Å². The lowest BCUT2D eigenvalue weighted by atomic mass is 10.1. The number of hydrazine groups is 1. The summed E-state index contributed by atoms with van der Waals surface area (Å²) >= 11 is 0. The van der Waals surface area contributed by atoms with Crippen molar-refractivity contribution in [1.29, 1.82) is 0 Å². The number of aromatic nitrogens is 1. The maximum atomic E-state index is 11.9. The molecular weight excluding hydrogens is 280 g/mol. The van der Waals surface area contributed by atoms with Gasteiger partial charge in [0, 0.05) is 30.6 Å². The Kier molecular flexibility index (Phi) is 4.87. The molecule has 0 unspecified atom stereocenters. The van der Waals surface area contributed by atoms with Gasteiger partial charge in [0.25, 0.3) is 5.91 Å². The lowest BCUT2D eigenvalue weighted by Gasteiger charge is -2.12. The van der Waals surface area contributed by atoms with Crippen LogP contribution >= 0.6 is 0 Å². The third-order valence-electron chi connectivity index (χ3n) is 2.78. The first-order chi connectivity index (χ1) is 10.6. The SMILES string of the molecule is C=C(NNC(=O)c1cccnc1)c1cccc(NC(C)=O)c1. The van der Waals surface area contributed by atoms with Crippen molar-refractivity contribution in [2.45, 2.75) is 6.92 Å². The molecule has 0 saturated heterocycles. The first-order valence-corrected chi connectivity index (χ1v) is 6.59. The molecule has 0 radical (unpaired) electrons. The Hall–Kier alpha value is -3.15. The van der Waals surface area contributed by atoms with Crippen molar-refractivity contribution < 1.29 is 9.59 Å². The molecule has 2 aromatic rings. The van der Waals surface area contributed by atoms with Crippen LogP contribution in [-0.4, -0.2) is 16.8 Å². The molecule has 2 rings (SSSR count). The molecule has 3 N–H and O–H groups in total. The molecule has 0 bridgehead atoms. The molecule has 0 fully saturated rings. The Labute approximate surface area is 128 Å². The number of anilines is 1. The number of pyridine rings is 1. The van der Waals surface area contributed by atoms with Gasteiger partial charge in [-0.15, -0.1) is 0 Å². The lowest BCUT2D eigenvalue weighted by molar-refractivity contribution is -0.114. The molecule has 6 nitrogen and oxygen atoms in total. The van der Waals surface area contributed by atoms with Crippen LogP contribution in [0.2, 0.25) is 0 Å². The number of carbonyl (C=O) groups excluding carboxylic acids is 2. The highest BCUT2D eigenvalue weighted by molar-refractivity contribution is 5.94. The summed E-state index contributed by atoms with van der Waals surface area (Å²) in [6.45, 7) is 5.30. The largest absolute Gasteiger partial charge is 0.326 e. The first kappa shape index (κ1) is 15.2. The third kappa shape index (κ3) is 4.17. The molecular formula is C16H16N4O2. The predicted molar refractivity (Wildman–Crippen MR) is 84.6 cm³/mol. The van der Waals surface area contributed by atoms with E-state index in [1.165, 1.54) is 13.1 Å². The number of nitrogens with one attached hydrogen (secondary N) is 3. The monoisotopic (exact) mass is 296 g/mol. The minimum absolute atomic E-state index is 0.152. The number of amides is 2. The zero-order valence-electron chi connectivity index (χ0n) is 12.1. The minimum atomic E-state index is -0.313. The van der Waals surface area contributed by atoms with Crippen LogP contribution in [0.15, 0.2) is 55.4 Å². The predicted octanol–water partition coefficient (Wildman–Crippen LogP) is 1.95. The van der Waals surface area contributed by atoms with Gasteiger partial charge in [-0.1, -0.05) is 18.7 Å². The molecule has 0 spiro atoms. The number of hydrogen-bond donors (Lipinski definition) is 3. The van der Waals surface area contributed by atoms with Crippen LogP contribution in [0, 0.1) is 0 Å². The maximum absolute atomic E-state index is 11.9. The van der Waals surface area contributed by atoms with Crippen LogP contribution in [0.5, 0.6) is 0 Å². The Balaban J connectivity index is 1.98. The highest BCUT2D eigenvalue weighted by Crippen LogP contribution is 2.15. The molecule has 0 aliphatic carbocycles. The number of benzene rings is 1. The summed E-state index contributed by atoms with van der Waals surface area (Å²) in [5, 5.41) is 2.69. The van der Waals surface area contributed by atoms with Gasteiger partial charge < -0.3 is 5.32 Å². The molecule has 1 aromatic heterocycles. The van der Waals surface area contributed by atoms with E-state index < -0.39 is 0 Å². The highest BCUT2D eigenvalue weighted by Gasteiger charge is 2.06. The normalized spacial score (nSPS) is 9.68. The van der Waals surface area contributed by atoms with Crippen LogP contribution in [-0.2, 0) is 4.79 Å². The van der Waals surface area contributed by atoms with Crippen molar-refractivity contribution in [2.24, 2.45) is 0 Å². The fourth-order valence-electron chi connectivity index (χ4n) is 1.76. The van der Waals surface area contributed by atoms with Crippen LogP contribution in [0.25, 0.3) is 5.70 Å². The Bertz CT molecular complexity index is 698. The molecule has 0 saturated carbocycles. The minimum Gasteiger partial charge on any atom is -0.326 e. The molecule has 0 atom stereocenters. The van der Waals surface area contributed by atoms with E-state index >= 15 is 0 Å². The van der Waals surface area contributed by atoms with Crippen molar-refractivity contribution >= 4 is 23.2 Å². The van der Waals surface area contributed by atoms with E-state index in [0.717, 1.165) is 5.56 Å². The van der Waals surface area contributed by atoms with Crippen molar-refractivity contribution in [2.75, 3.05) is 5.32 Å². The van der Waals surface area contributed by atoms with Gasteiger partial charge in [0.05, 0.1) is 11.3 Å². The summed E-state index contributed by atoms with van der Waals surface area (Å²) in [5.41, 5.74) is 7.64. The highest BCUT2D eigenvalue weighted by atomic mass is 16.2. The quantitative estimate of drug-likeness (QED) is 0.736. The van der Waals surface area contributed by atoms with Gasteiger partial charge in [0.2, 0.25) is 5.91 Å². The first-order valence-electron chi connectivity index (χ1n) is 6.59. The van der Waals surface area contributed by atoms with Gasteiger partial charge in [-0.2, -0.15) is 0 Å². The Morgan fingerprint density at radius 2 is 1.86 bits per heavy atom. The van der Waals surface area contributed by atoms with E-state index in [1.807, 2.05) is 6.07 Å². The molecule has 1 heterocycles. The van der Waals surface area contributed by atoms with Gasteiger partial charge >= 0.3 is 0 Å². The average molecular weight is 296 g/mol. The van der Waals surface area contributed by atoms with Crippen LogP contribution < -0.4 is 16.2 Å². The second kappa shape index (κ2) is 7.03. The van der Waals surface area contributed by atoms with Crippen molar-refractivity contribution in [1.82, 2.24) is 15.8 Å². The topological polar surface area (TPSA) is 83.1 Å². The third-order valence-corrected chi connectivity index (χ3v) is 2.78. The van der Waals surface area contributed by atoms with Crippen LogP contribution in [0.4, 0.5) is 5.69 Å². The number of hydrogen-bond acceptors (Lipinski definition) is 4. The summed E-state index contributed by atoms with van der Waals surface area (Å²) in [4.78, 5) is 26.8.